The molecule has 6 heteroatoms. The maximum absolute atomic E-state index is 12.4. The molecule has 1 aliphatic heterocycles. The molecule has 1 aliphatic rings. The lowest BCUT2D eigenvalue weighted by molar-refractivity contribution is -0.115. The second-order valence-corrected chi connectivity index (χ2v) is 7.55. The second-order valence-electron chi connectivity index (χ2n) is 6.52. The van der Waals surface area contributed by atoms with Crippen molar-refractivity contribution in [2.24, 2.45) is 4.99 Å². The molecule has 0 radical (unpaired) electrons. The predicted molar refractivity (Wildman–Crippen MR) is 114 cm³/mol. The normalized spacial score (nSPS) is 16.6. The Kier molecular flexibility index (Phi) is 5.00. The van der Waals surface area contributed by atoms with Gasteiger partial charge in [0, 0.05) is 29.2 Å². The second kappa shape index (κ2) is 7.75. The van der Waals surface area contributed by atoms with E-state index in [9.17, 15) is 4.79 Å². The minimum atomic E-state index is -0.148. The summed E-state index contributed by atoms with van der Waals surface area (Å²) in [6.45, 7) is 2.65. The third-order valence-corrected chi connectivity index (χ3v) is 5.40. The summed E-state index contributed by atoms with van der Waals surface area (Å²) in [4.78, 5) is 17.5. The van der Waals surface area contributed by atoms with Gasteiger partial charge in [0.2, 0.25) is 0 Å². The van der Waals surface area contributed by atoms with Crippen molar-refractivity contribution in [3.05, 3.63) is 70.8 Å². The maximum atomic E-state index is 12.4. The number of benzene rings is 2. The summed E-state index contributed by atoms with van der Waals surface area (Å²) in [5.74, 6) is -0.148. The van der Waals surface area contributed by atoms with Gasteiger partial charge in [0.1, 0.15) is 0 Å². The molecule has 2 aromatic carbocycles. The number of nitrogens with zero attached hydrogens (tertiary/aromatic N) is 3. The maximum Gasteiger partial charge on any atom is 0.264 e. The molecule has 4 rings (SSSR count). The van der Waals surface area contributed by atoms with Crippen LogP contribution in [0.15, 0.2) is 64.6 Å². The molecule has 138 valence electrons. The van der Waals surface area contributed by atoms with Gasteiger partial charge in [0.05, 0.1) is 23.1 Å². The van der Waals surface area contributed by atoms with E-state index in [-0.39, 0.29) is 5.91 Å². The Morgan fingerprint density at radius 1 is 1.21 bits per heavy atom. The SMILES string of the molecule is Cc1ccc(N=C2NC(=O)/C(=C\c3cn(CCC#N)c4ccccc34)S2)cc1. The fraction of sp³-hybridized carbons (Fsp3) is 0.136. The highest BCUT2D eigenvalue weighted by Gasteiger charge is 2.24. The third kappa shape index (κ3) is 3.71. The van der Waals surface area contributed by atoms with Gasteiger partial charge in [-0.05, 0) is 43.0 Å². The number of carbonyl (C=O) groups excluding carboxylic acids is 1. The molecule has 3 aromatic rings. The van der Waals surface area contributed by atoms with Gasteiger partial charge < -0.3 is 9.88 Å². The van der Waals surface area contributed by atoms with E-state index in [4.69, 9.17) is 5.26 Å². The van der Waals surface area contributed by atoms with E-state index < -0.39 is 0 Å². The van der Waals surface area contributed by atoms with Crippen molar-refractivity contribution >= 4 is 45.5 Å². The van der Waals surface area contributed by atoms with Gasteiger partial charge in [0.15, 0.2) is 5.17 Å². The zero-order chi connectivity index (χ0) is 19.5. The molecule has 5 nitrogen and oxygen atoms in total. The van der Waals surface area contributed by atoms with Crippen LogP contribution in [-0.2, 0) is 11.3 Å². The van der Waals surface area contributed by atoms with E-state index >= 15 is 0 Å². The smallest absolute Gasteiger partial charge is 0.264 e. The molecule has 2 heterocycles. The standard InChI is InChI=1S/C22H18N4OS/c1-15-7-9-17(10-8-15)24-22-25-21(27)20(28-22)13-16-14-26(12-4-11-23)19-6-3-2-5-18(16)19/h2-3,5-10,13-14H,4,12H2,1H3,(H,24,25,27)/b20-13+. The third-order valence-electron chi connectivity index (χ3n) is 4.49. The van der Waals surface area contributed by atoms with Crippen molar-refractivity contribution in [3.63, 3.8) is 0 Å². The number of thioether (sulfide) groups is 1. The first kappa shape index (κ1) is 18.1. The number of amidine groups is 1. The summed E-state index contributed by atoms with van der Waals surface area (Å²) in [5.41, 5.74) is 3.99. The number of amides is 1. The predicted octanol–water partition coefficient (Wildman–Crippen LogP) is 4.76. The van der Waals surface area contributed by atoms with E-state index in [1.807, 2.05) is 67.7 Å². The first-order chi connectivity index (χ1) is 13.6. The molecule has 0 saturated carbocycles. The average molecular weight is 386 g/mol. The fourth-order valence-corrected chi connectivity index (χ4v) is 3.94. The van der Waals surface area contributed by atoms with Crippen molar-refractivity contribution < 1.29 is 4.79 Å². The van der Waals surface area contributed by atoms with Gasteiger partial charge in [-0.2, -0.15) is 5.26 Å². The van der Waals surface area contributed by atoms with Gasteiger partial charge in [-0.1, -0.05) is 35.9 Å². The van der Waals surface area contributed by atoms with E-state index in [0.29, 0.717) is 23.0 Å². The number of fused-ring (bicyclic) bond motifs is 1. The highest BCUT2D eigenvalue weighted by Crippen LogP contribution is 2.31. The van der Waals surface area contributed by atoms with Crippen molar-refractivity contribution in [1.82, 2.24) is 9.88 Å². The van der Waals surface area contributed by atoms with Gasteiger partial charge in [0.25, 0.3) is 5.91 Å². The molecule has 28 heavy (non-hydrogen) atoms. The summed E-state index contributed by atoms with van der Waals surface area (Å²) in [6.07, 6.45) is 4.33. The number of para-hydroxylation sites is 1. The van der Waals surface area contributed by atoms with E-state index in [0.717, 1.165) is 22.2 Å². The van der Waals surface area contributed by atoms with Crippen molar-refractivity contribution in [2.45, 2.75) is 19.9 Å². The Balaban J connectivity index is 1.65. The number of nitrogens with one attached hydrogen (secondary N) is 1. The average Bonchev–Trinajstić information content (AvgIpc) is 3.22. The summed E-state index contributed by atoms with van der Waals surface area (Å²) in [5, 5.41) is 13.4. The van der Waals surface area contributed by atoms with E-state index in [1.165, 1.54) is 17.3 Å². The van der Waals surface area contributed by atoms with Gasteiger partial charge >= 0.3 is 0 Å². The van der Waals surface area contributed by atoms with E-state index in [1.54, 1.807) is 0 Å². The molecule has 1 fully saturated rings. The molecule has 0 bridgehead atoms. The van der Waals surface area contributed by atoms with Crippen LogP contribution in [0.5, 0.6) is 0 Å². The van der Waals surface area contributed by atoms with Crippen LogP contribution in [0.4, 0.5) is 5.69 Å². The number of aryl methyl sites for hydroxylation is 2. The van der Waals surface area contributed by atoms with E-state index in [2.05, 4.69) is 20.9 Å². The van der Waals surface area contributed by atoms with Gasteiger partial charge in [-0.3, -0.25) is 4.79 Å². The van der Waals surface area contributed by atoms with Crippen molar-refractivity contribution in [2.75, 3.05) is 0 Å². The Labute approximate surface area is 167 Å². The molecule has 0 unspecified atom stereocenters. The lowest BCUT2D eigenvalue weighted by Crippen LogP contribution is -2.19. The molecule has 0 atom stereocenters. The highest BCUT2D eigenvalue weighted by atomic mass is 32.2. The Hall–Kier alpha value is -3.30. The molecule has 1 amide bonds. The van der Waals surface area contributed by atoms with Crippen LogP contribution >= 0.6 is 11.8 Å². The summed E-state index contributed by atoms with van der Waals surface area (Å²) in [6, 6.07) is 18.0. The lowest BCUT2D eigenvalue weighted by atomic mass is 10.1. The van der Waals surface area contributed by atoms with Gasteiger partial charge in [-0.25, -0.2) is 4.99 Å². The number of hydrogen-bond donors (Lipinski definition) is 1. The quantitative estimate of drug-likeness (QED) is 0.658. The monoisotopic (exact) mass is 386 g/mol. The van der Waals surface area contributed by atoms with Crippen LogP contribution in [0.3, 0.4) is 0 Å². The topological polar surface area (TPSA) is 70.2 Å². The molecule has 1 N–H and O–H groups in total. The van der Waals surface area contributed by atoms with Crippen LogP contribution in [-0.4, -0.2) is 15.6 Å². The molecular weight excluding hydrogens is 368 g/mol. The Morgan fingerprint density at radius 3 is 2.79 bits per heavy atom. The van der Waals surface area contributed by atoms with Crippen LogP contribution in [0, 0.1) is 18.3 Å². The van der Waals surface area contributed by atoms with Crippen LogP contribution < -0.4 is 5.32 Å². The number of rotatable bonds is 4. The van der Waals surface area contributed by atoms with Crippen molar-refractivity contribution in [3.8, 4) is 6.07 Å². The summed E-state index contributed by atoms with van der Waals surface area (Å²) < 4.78 is 2.06. The number of hydrogen-bond acceptors (Lipinski definition) is 4. The Bertz CT molecular complexity index is 1150. The summed E-state index contributed by atoms with van der Waals surface area (Å²) >= 11 is 1.34. The minimum Gasteiger partial charge on any atom is -0.346 e. The van der Waals surface area contributed by atoms with Crippen LogP contribution in [0.1, 0.15) is 17.5 Å². The van der Waals surface area contributed by atoms with Crippen molar-refractivity contribution in [1.29, 1.82) is 5.26 Å². The minimum absolute atomic E-state index is 0.148. The first-order valence-electron chi connectivity index (χ1n) is 8.95. The number of nitriles is 1. The summed E-state index contributed by atoms with van der Waals surface area (Å²) in [7, 11) is 0. The zero-order valence-corrected chi connectivity index (χ0v) is 16.2. The molecule has 1 saturated heterocycles. The molecule has 0 aliphatic carbocycles. The largest absolute Gasteiger partial charge is 0.346 e. The van der Waals surface area contributed by atoms with Gasteiger partial charge in [-0.15, -0.1) is 0 Å². The number of aliphatic imine (C=N–C) groups is 1. The lowest BCUT2D eigenvalue weighted by Gasteiger charge is -2.00. The molecule has 1 aromatic heterocycles. The number of aromatic nitrogens is 1. The highest BCUT2D eigenvalue weighted by molar-refractivity contribution is 8.18. The Morgan fingerprint density at radius 2 is 2.00 bits per heavy atom. The fourth-order valence-electron chi connectivity index (χ4n) is 3.10. The van der Waals surface area contributed by atoms with Crippen LogP contribution in [0.2, 0.25) is 0 Å². The number of carbonyl (C=O) groups is 1. The zero-order valence-electron chi connectivity index (χ0n) is 15.3. The molecular formula is C22H18N4OS. The first-order valence-corrected chi connectivity index (χ1v) is 9.77. The van der Waals surface area contributed by atoms with Crippen LogP contribution in [0.25, 0.3) is 17.0 Å². The molecule has 0 spiro atoms.